The van der Waals surface area contributed by atoms with E-state index < -0.39 is 11.6 Å². The van der Waals surface area contributed by atoms with E-state index in [9.17, 15) is 8.78 Å². The average Bonchev–Trinajstić information content (AvgIpc) is 2.22. The van der Waals surface area contributed by atoms with Crippen LogP contribution in [0.1, 0.15) is 12.5 Å². The Bertz CT molecular complexity index is 336. The van der Waals surface area contributed by atoms with Crippen molar-refractivity contribution in [2.24, 2.45) is 5.73 Å². The molecule has 2 N–H and O–H groups in total. The summed E-state index contributed by atoms with van der Waals surface area (Å²) in [5.74, 6) is -1.68. The topological polar surface area (TPSA) is 35.2 Å². The Morgan fingerprint density at radius 1 is 1.31 bits per heavy atom. The van der Waals surface area contributed by atoms with Crippen molar-refractivity contribution in [3.8, 4) is 0 Å². The number of benzene rings is 1. The molecule has 0 fully saturated rings. The first kappa shape index (κ1) is 15.3. The van der Waals surface area contributed by atoms with E-state index >= 15 is 0 Å². The quantitative estimate of drug-likeness (QED) is 0.891. The maximum Gasteiger partial charge on any atom is 0.159 e. The number of rotatable bonds is 4. The third-order valence-corrected chi connectivity index (χ3v) is 2.43. The van der Waals surface area contributed by atoms with Gasteiger partial charge < -0.3 is 10.5 Å². The van der Waals surface area contributed by atoms with Gasteiger partial charge in [-0.2, -0.15) is 0 Å². The Labute approximate surface area is 100 Å². The number of hydrogen-bond acceptors (Lipinski definition) is 2. The molecule has 0 aliphatic rings. The molecular weight excluding hydrogens is 236 g/mol. The van der Waals surface area contributed by atoms with Gasteiger partial charge in [0.25, 0.3) is 0 Å². The fourth-order valence-electron chi connectivity index (χ4n) is 1.28. The zero-order chi connectivity index (χ0) is 11.4. The van der Waals surface area contributed by atoms with Gasteiger partial charge in [0.1, 0.15) is 0 Å². The summed E-state index contributed by atoms with van der Waals surface area (Å²) in [6.45, 7) is 1.84. The third-order valence-electron chi connectivity index (χ3n) is 2.43. The summed E-state index contributed by atoms with van der Waals surface area (Å²) in [6.07, 6.45) is 0.352. The largest absolute Gasteiger partial charge is 0.380 e. The van der Waals surface area contributed by atoms with E-state index in [1.807, 2.05) is 6.92 Å². The highest BCUT2D eigenvalue weighted by Gasteiger charge is 2.13. The third kappa shape index (κ3) is 4.04. The van der Waals surface area contributed by atoms with Crippen LogP contribution in [-0.4, -0.2) is 19.3 Å². The summed E-state index contributed by atoms with van der Waals surface area (Å²) in [6, 6.07) is 3.58. The van der Waals surface area contributed by atoms with Crippen molar-refractivity contribution in [2.45, 2.75) is 25.5 Å². The summed E-state index contributed by atoms with van der Waals surface area (Å²) in [4.78, 5) is 0. The molecule has 16 heavy (non-hydrogen) atoms. The fourth-order valence-corrected chi connectivity index (χ4v) is 1.28. The van der Waals surface area contributed by atoms with Gasteiger partial charge in [-0.3, -0.25) is 0 Å². The van der Waals surface area contributed by atoms with Gasteiger partial charge in [-0.25, -0.2) is 8.78 Å². The minimum Gasteiger partial charge on any atom is -0.380 e. The van der Waals surface area contributed by atoms with Gasteiger partial charge in [0.05, 0.1) is 6.10 Å². The van der Waals surface area contributed by atoms with Crippen LogP contribution in [0.4, 0.5) is 8.78 Å². The molecule has 1 aromatic rings. The molecule has 2 atom stereocenters. The van der Waals surface area contributed by atoms with Gasteiger partial charge in [0.2, 0.25) is 0 Å². The predicted octanol–water partition coefficient (Wildman–Crippen LogP) is 2.29. The molecule has 0 aliphatic carbocycles. The Morgan fingerprint density at radius 2 is 1.94 bits per heavy atom. The molecule has 0 amide bonds. The van der Waals surface area contributed by atoms with Gasteiger partial charge in [-0.1, -0.05) is 6.07 Å². The number of hydrogen-bond donors (Lipinski definition) is 1. The first-order valence-electron chi connectivity index (χ1n) is 4.77. The first-order chi connectivity index (χ1) is 7.04. The highest BCUT2D eigenvalue weighted by molar-refractivity contribution is 5.85. The SMILES string of the molecule is CO[C@H](C)[C@H](N)Cc1ccc(F)c(F)c1.Cl. The van der Waals surface area contributed by atoms with E-state index in [0.29, 0.717) is 12.0 Å². The molecule has 0 aliphatic heterocycles. The summed E-state index contributed by atoms with van der Waals surface area (Å²) < 4.78 is 30.5. The van der Waals surface area contributed by atoms with Gasteiger partial charge >= 0.3 is 0 Å². The van der Waals surface area contributed by atoms with E-state index in [-0.39, 0.29) is 24.6 Å². The van der Waals surface area contributed by atoms with Crippen LogP contribution >= 0.6 is 12.4 Å². The summed E-state index contributed by atoms with van der Waals surface area (Å²) >= 11 is 0. The second kappa shape index (κ2) is 6.78. The van der Waals surface area contributed by atoms with Crippen molar-refractivity contribution >= 4 is 12.4 Å². The van der Waals surface area contributed by atoms with Gasteiger partial charge in [0, 0.05) is 13.2 Å². The van der Waals surface area contributed by atoms with Crippen molar-refractivity contribution < 1.29 is 13.5 Å². The summed E-state index contributed by atoms with van der Waals surface area (Å²) in [5, 5.41) is 0. The van der Waals surface area contributed by atoms with Gasteiger partial charge in [-0.15, -0.1) is 12.4 Å². The second-order valence-corrected chi connectivity index (χ2v) is 3.56. The fraction of sp³-hybridized carbons (Fsp3) is 0.455. The van der Waals surface area contributed by atoms with E-state index in [4.69, 9.17) is 10.5 Å². The molecule has 92 valence electrons. The van der Waals surface area contributed by atoms with Crippen LogP contribution < -0.4 is 5.73 Å². The lowest BCUT2D eigenvalue weighted by Gasteiger charge is -2.18. The molecule has 1 rings (SSSR count). The van der Waals surface area contributed by atoms with E-state index in [0.717, 1.165) is 12.1 Å². The molecule has 0 heterocycles. The average molecular weight is 252 g/mol. The van der Waals surface area contributed by atoms with Crippen LogP contribution in [0.25, 0.3) is 0 Å². The highest BCUT2D eigenvalue weighted by atomic mass is 35.5. The van der Waals surface area contributed by atoms with E-state index in [2.05, 4.69) is 0 Å². The molecule has 2 nitrogen and oxygen atoms in total. The Morgan fingerprint density at radius 3 is 2.44 bits per heavy atom. The molecule has 0 saturated heterocycles. The lowest BCUT2D eigenvalue weighted by molar-refractivity contribution is 0.0955. The van der Waals surface area contributed by atoms with Crippen molar-refractivity contribution in [1.82, 2.24) is 0 Å². The predicted molar refractivity (Wildman–Crippen MR) is 61.8 cm³/mol. The van der Waals surface area contributed by atoms with Crippen molar-refractivity contribution in [3.05, 3.63) is 35.4 Å². The second-order valence-electron chi connectivity index (χ2n) is 3.56. The first-order valence-corrected chi connectivity index (χ1v) is 4.77. The Hall–Kier alpha value is -0.710. The normalized spacial score (nSPS) is 14.1. The number of methoxy groups -OCH3 is 1. The van der Waals surface area contributed by atoms with Crippen LogP contribution in [0.3, 0.4) is 0 Å². The maximum atomic E-state index is 12.9. The zero-order valence-corrected chi connectivity index (χ0v) is 10.1. The zero-order valence-electron chi connectivity index (χ0n) is 9.24. The number of ether oxygens (including phenoxy) is 1. The Balaban J connectivity index is 0.00000225. The van der Waals surface area contributed by atoms with E-state index in [1.54, 1.807) is 7.11 Å². The van der Waals surface area contributed by atoms with Gasteiger partial charge in [-0.05, 0) is 31.0 Å². The molecule has 1 aromatic carbocycles. The monoisotopic (exact) mass is 251 g/mol. The summed E-state index contributed by atoms with van der Waals surface area (Å²) in [7, 11) is 1.57. The van der Waals surface area contributed by atoms with Crippen LogP contribution in [-0.2, 0) is 11.2 Å². The molecule has 0 aromatic heterocycles. The maximum absolute atomic E-state index is 12.9. The van der Waals surface area contributed by atoms with Crippen molar-refractivity contribution in [2.75, 3.05) is 7.11 Å². The standard InChI is InChI=1S/C11H15F2NO.ClH/c1-7(15-2)11(14)6-8-3-4-9(12)10(13)5-8;/h3-5,7,11H,6,14H2,1-2H3;1H/t7-,11-;/m1./s1. The molecule has 0 radical (unpaired) electrons. The molecule has 0 unspecified atom stereocenters. The van der Waals surface area contributed by atoms with Crippen molar-refractivity contribution in [1.29, 1.82) is 0 Å². The smallest absolute Gasteiger partial charge is 0.159 e. The van der Waals surface area contributed by atoms with Crippen LogP contribution in [0, 0.1) is 11.6 Å². The van der Waals surface area contributed by atoms with Crippen LogP contribution in [0.2, 0.25) is 0 Å². The molecule has 0 saturated carbocycles. The number of nitrogens with two attached hydrogens (primary N) is 1. The molecular formula is C11H16ClF2NO. The lowest BCUT2D eigenvalue weighted by atomic mass is 10.0. The Kier molecular flexibility index (Phi) is 6.48. The van der Waals surface area contributed by atoms with Crippen LogP contribution in [0.15, 0.2) is 18.2 Å². The number of halogens is 3. The molecule has 5 heteroatoms. The highest BCUT2D eigenvalue weighted by Crippen LogP contribution is 2.11. The van der Waals surface area contributed by atoms with Crippen LogP contribution in [0.5, 0.6) is 0 Å². The van der Waals surface area contributed by atoms with Gasteiger partial charge in [0.15, 0.2) is 11.6 Å². The van der Waals surface area contributed by atoms with Crippen molar-refractivity contribution in [3.63, 3.8) is 0 Å². The molecule has 0 spiro atoms. The minimum atomic E-state index is -0.843. The summed E-state index contributed by atoms with van der Waals surface area (Å²) in [5.41, 5.74) is 6.48. The minimum absolute atomic E-state index is 0. The molecule has 0 bridgehead atoms. The lowest BCUT2D eigenvalue weighted by Crippen LogP contribution is -2.35. The van der Waals surface area contributed by atoms with E-state index in [1.165, 1.54) is 6.07 Å².